The van der Waals surface area contributed by atoms with Gasteiger partial charge in [0.05, 0.1) is 0 Å². The van der Waals surface area contributed by atoms with E-state index in [1.165, 1.54) is 15.3 Å². The molecule has 0 unspecified atom stereocenters. The SMILES string of the molecule is CC(C)CN(CC(=O)O)C(=O)CCC(=O)N1CCc2sccc2C1. The van der Waals surface area contributed by atoms with Crippen LogP contribution < -0.4 is 0 Å². The first kappa shape index (κ1) is 18.4. The molecule has 132 valence electrons. The van der Waals surface area contributed by atoms with Gasteiger partial charge in [-0.05, 0) is 29.3 Å². The third-order valence-electron chi connectivity index (χ3n) is 3.98. The lowest BCUT2D eigenvalue weighted by Gasteiger charge is -2.27. The maximum absolute atomic E-state index is 12.3. The van der Waals surface area contributed by atoms with E-state index < -0.39 is 5.97 Å². The molecule has 1 aromatic rings. The molecule has 2 amide bonds. The molecule has 2 rings (SSSR count). The van der Waals surface area contributed by atoms with Crippen LogP contribution in [-0.4, -0.2) is 52.3 Å². The average Bonchev–Trinajstić information content (AvgIpc) is 2.98. The maximum Gasteiger partial charge on any atom is 0.323 e. The van der Waals surface area contributed by atoms with Crippen molar-refractivity contribution in [1.82, 2.24) is 9.80 Å². The second-order valence-corrected chi connectivity index (χ2v) is 7.50. The molecule has 0 atom stereocenters. The fourth-order valence-electron chi connectivity index (χ4n) is 2.85. The molecule has 0 radical (unpaired) electrons. The maximum atomic E-state index is 12.3. The van der Waals surface area contributed by atoms with Crippen molar-refractivity contribution in [2.45, 2.75) is 39.7 Å². The Morgan fingerprint density at radius 1 is 1.33 bits per heavy atom. The van der Waals surface area contributed by atoms with E-state index in [2.05, 4.69) is 0 Å². The van der Waals surface area contributed by atoms with Crippen LogP contribution in [0.3, 0.4) is 0 Å². The summed E-state index contributed by atoms with van der Waals surface area (Å²) in [5.41, 5.74) is 1.19. The Kier molecular flexibility index (Phi) is 6.36. The highest BCUT2D eigenvalue weighted by Gasteiger charge is 2.23. The number of carbonyl (C=O) groups excluding carboxylic acids is 2. The number of nitrogens with zero attached hydrogens (tertiary/aromatic N) is 2. The lowest BCUT2D eigenvalue weighted by atomic mass is 10.1. The quantitative estimate of drug-likeness (QED) is 0.814. The van der Waals surface area contributed by atoms with E-state index in [0.717, 1.165) is 6.42 Å². The molecular formula is C17H24N2O4S. The summed E-state index contributed by atoms with van der Waals surface area (Å²) in [6.07, 6.45) is 1.06. The molecule has 0 aliphatic carbocycles. The van der Waals surface area contributed by atoms with Crippen LogP contribution >= 0.6 is 11.3 Å². The summed E-state index contributed by atoms with van der Waals surface area (Å²) in [4.78, 5) is 39.9. The zero-order valence-electron chi connectivity index (χ0n) is 14.2. The summed E-state index contributed by atoms with van der Waals surface area (Å²) < 4.78 is 0. The van der Waals surface area contributed by atoms with Gasteiger partial charge in [-0.2, -0.15) is 0 Å². The largest absolute Gasteiger partial charge is 0.480 e. The van der Waals surface area contributed by atoms with Crippen LogP contribution in [0.25, 0.3) is 0 Å². The lowest BCUT2D eigenvalue weighted by Crippen LogP contribution is -2.39. The van der Waals surface area contributed by atoms with Gasteiger partial charge in [-0.3, -0.25) is 14.4 Å². The molecule has 6 nitrogen and oxygen atoms in total. The van der Waals surface area contributed by atoms with E-state index >= 15 is 0 Å². The molecule has 0 saturated carbocycles. The van der Waals surface area contributed by atoms with Crippen LogP contribution in [0.1, 0.15) is 37.1 Å². The summed E-state index contributed by atoms with van der Waals surface area (Å²) in [6, 6.07) is 2.04. The van der Waals surface area contributed by atoms with Crippen molar-refractivity contribution in [3.8, 4) is 0 Å². The van der Waals surface area contributed by atoms with E-state index in [1.807, 2.05) is 25.3 Å². The van der Waals surface area contributed by atoms with E-state index in [9.17, 15) is 14.4 Å². The van der Waals surface area contributed by atoms with Crippen molar-refractivity contribution in [1.29, 1.82) is 0 Å². The highest BCUT2D eigenvalue weighted by Crippen LogP contribution is 2.24. The molecule has 0 saturated heterocycles. The average molecular weight is 352 g/mol. The molecule has 0 bridgehead atoms. The van der Waals surface area contributed by atoms with Gasteiger partial charge >= 0.3 is 5.97 Å². The number of hydrogen-bond donors (Lipinski definition) is 1. The molecule has 1 N–H and O–H groups in total. The Morgan fingerprint density at radius 3 is 2.75 bits per heavy atom. The number of carboxylic acids is 1. The van der Waals surface area contributed by atoms with Crippen LogP contribution in [0, 0.1) is 5.92 Å². The fourth-order valence-corrected chi connectivity index (χ4v) is 3.74. The van der Waals surface area contributed by atoms with Gasteiger partial charge in [0, 0.05) is 37.4 Å². The van der Waals surface area contributed by atoms with Crippen LogP contribution in [0.4, 0.5) is 0 Å². The third-order valence-corrected chi connectivity index (χ3v) is 5.00. The number of rotatable bonds is 7. The standard InChI is InChI=1S/C17H24N2O4S/c1-12(2)9-19(11-17(22)23)16(21)4-3-15(20)18-7-5-14-13(10-18)6-8-24-14/h6,8,12H,3-5,7,9-11H2,1-2H3,(H,22,23). The third kappa shape index (κ3) is 5.06. The normalized spacial score (nSPS) is 13.7. The number of aliphatic carboxylic acids is 1. The van der Waals surface area contributed by atoms with Crippen molar-refractivity contribution >= 4 is 29.1 Å². The number of carboxylic acid groups (broad SMARTS) is 1. The molecule has 0 aromatic carbocycles. The van der Waals surface area contributed by atoms with Crippen LogP contribution in [0.15, 0.2) is 11.4 Å². The highest BCUT2D eigenvalue weighted by atomic mass is 32.1. The van der Waals surface area contributed by atoms with Crippen LogP contribution in [0.2, 0.25) is 0 Å². The minimum absolute atomic E-state index is 0.0416. The van der Waals surface area contributed by atoms with E-state index in [0.29, 0.717) is 19.6 Å². The van der Waals surface area contributed by atoms with Crippen molar-refractivity contribution < 1.29 is 19.5 Å². The van der Waals surface area contributed by atoms with Gasteiger partial charge < -0.3 is 14.9 Å². The lowest BCUT2D eigenvalue weighted by molar-refractivity contribution is -0.145. The van der Waals surface area contributed by atoms with Gasteiger partial charge in [0.15, 0.2) is 0 Å². The Bertz CT molecular complexity index is 611. The van der Waals surface area contributed by atoms with Crippen LogP contribution in [-0.2, 0) is 27.3 Å². The van der Waals surface area contributed by atoms with Crippen LogP contribution in [0.5, 0.6) is 0 Å². The first-order chi connectivity index (χ1) is 11.4. The minimum atomic E-state index is -1.03. The van der Waals surface area contributed by atoms with E-state index in [1.54, 1.807) is 16.2 Å². The monoisotopic (exact) mass is 352 g/mol. The first-order valence-electron chi connectivity index (χ1n) is 8.19. The number of thiophene rings is 1. The van der Waals surface area contributed by atoms with Gasteiger partial charge in [-0.25, -0.2) is 0 Å². The highest BCUT2D eigenvalue weighted by molar-refractivity contribution is 7.10. The minimum Gasteiger partial charge on any atom is -0.480 e. The predicted octanol–water partition coefficient (Wildman–Crippen LogP) is 1.98. The molecule has 1 aliphatic rings. The number of carbonyl (C=O) groups is 3. The zero-order valence-corrected chi connectivity index (χ0v) is 15.0. The Labute approximate surface area is 146 Å². The molecule has 1 aromatic heterocycles. The summed E-state index contributed by atoms with van der Waals surface area (Å²) in [5, 5.41) is 11.0. The number of hydrogen-bond acceptors (Lipinski definition) is 4. The van der Waals surface area contributed by atoms with Crippen molar-refractivity contribution in [3.05, 3.63) is 21.9 Å². The van der Waals surface area contributed by atoms with Gasteiger partial charge in [-0.15, -0.1) is 11.3 Å². The number of amides is 2. The zero-order chi connectivity index (χ0) is 17.7. The van der Waals surface area contributed by atoms with Gasteiger partial charge in [0.25, 0.3) is 0 Å². The second kappa shape index (κ2) is 8.28. The fraction of sp³-hybridized carbons (Fsp3) is 0.588. The Hall–Kier alpha value is -1.89. The number of fused-ring (bicyclic) bond motifs is 1. The molecule has 24 heavy (non-hydrogen) atoms. The molecule has 0 spiro atoms. The smallest absolute Gasteiger partial charge is 0.323 e. The van der Waals surface area contributed by atoms with E-state index in [-0.39, 0.29) is 37.1 Å². The van der Waals surface area contributed by atoms with Crippen molar-refractivity contribution in [3.63, 3.8) is 0 Å². The molecule has 1 aliphatic heterocycles. The van der Waals surface area contributed by atoms with Crippen molar-refractivity contribution in [2.24, 2.45) is 5.92 Å². The summed E-state index contributed by atoms with van der Waals surface area (Å²) >= 11 is 1.72. The molecule has 0 fully saturated rings. The second-order valence-electron chi connectivity index (χ2n) is 6.50. The first-order valence-corrected chi connectivity index (χ1v) is 9.07. The van der Waals surface area contributed by atoms with Gasteiger partial charge in [0.2, 0.25) is 11.8 Å². The Morgan fingerprint density at radius 2 is 2.08 bits per heavy atom. The summed E-state index contributed by atoms with van der Waals surface area (Å²) in [7, 11) is 0. The molecular weight excluding hydrogens is 328 g/mol. The van der Waals surface area contributed by atoms with E-state index in [4.69, 9.17) is 5.11 Å². The topological polar surface area (TPSA) is 77.9 Å². The molecule has 7 heteroatoms. The molecule has 2 heterocycles. The van der Waals surface area contributed by atoms with Gasteiger partial charge in [-0.1, -0.05) is 13.8 Å². The van der Waals surface area contributed by atoms with Crippen molar-refractivity contribution in [2.75, 3.05) is 19.6 Å². The summed E-state index contributed by atoms with van der Waals surface area (Å²) in [6.45, 7) is 5.23. The van der Waals surface area contributed by atoms with Gasteiger partial charge in [0.1, 0.15) is 6.54 Å². The predicted molar refractivity (Wildman–Crippen MR) is 91.7 cm³/mol. The Balaban J connectivity index is 1.85. The summed E-state index contributed by atoms with van der Waals surface area (Å²) in [5.74, 6) is -1.16.